The van der Waals surface area contributed by atoms with Crippen molar-refractivity contribution in [3.8, 4) is 11.3 Å². The van der Waals surface area contributed by atoms with Gasteiger partial charge in [-0.05, 0) is 42.9 Å². The number of likely N-dealkylation sites (tertiary alicyclic amines) is 1. The van der Waals surface area contributed by atoms with Gasteiger partial charge in [0, 0.05) is 42.0 Å². The minimum atomic E-state index is -4.51. The molecule has 3 aromatic heterocycles. The number of hydrogen-bond donors (Lipinski definition) is 1. The quantitative estimate of drug-likeness (QED) is 0.268. The molecule has 8 nitrogen and oxygen atoms in total. The maximum atomic E-state index is 13.0. The number of halogens is 3. The number of nitrogen functional groups attached to an aromatic ring is 1. The zero-order valence-corrected chi connectivity index (χ0v) is 21.4. The number of anilines is 1. The van der Waals surface area contributed by atoms with Gasteiger partial charge in [0.05, 0.1) is 18.0 Å². The summed E-state index contributed by atoms with van der Waals surface area (Å²) in [6.07, 6.45) is 3.87. The Kier molecular flexibility index (Phi) is 5.97. The first-order valence-electron chi connectivity index (χ1n) is 12.8. The number of pyridine rings is 1. The van der Waals surface area contributed by atoms with E-state index in [1.165, 1.54) is 6.08 Å². The minimum absolute atomic E-state index is 0.0381. The molecule has 204 valence electrons. The number of fused-ring (bicyclic) bond motifs is 1. The van der Waals surface area contributed by atoms with Crippen LogP contribution in [0.25, 0.3) is 16.8 Å². The Balaban J connectivity index is 1.32. The standard InChI is InChI=1S/C29H25F3N6O2/c1-2-23(40)38-16-28(8-9-28)15-21(38)27-36-24(25-26(33)35-11-12-37(25)27)18-5-3-17(4-6-18)22(39)14-20-13-19(7-10-34-20)29(30,31)32/h2-7,10-13,21H,1,8-9,14-16H2,(H2,33,35). The molecule has 4 heterocycles. The molecule has 1 atom stereocenters. The van der Waals surface area contributed by atoms with Crippen molar-refractivity contribution >= 4 is 23.0 Å². The Morgan fingerprint density at radius 1 is 1.12 bits per heavy atom. The molecule has 0 bridgehead atoms. The number of benzene rings is 1. The van der Waals surface area contributed by atoms with Crippen molar-refractivity contribution in [2.24, 2.45) is 5.41 Å². The van der Waals surface area contributed by atoms with Crippen molar-refractivity contribution in [3.05, 3.63) is 90.3 Å². The number of aromatic nitrogens is 4. The maximum absolute atomic E-state index is 13.0. The summed E-state index contributed by atoms with van der Waals surface area (Å²) < 4.78 is 41.0. The van der Waals surface area contributed by atoms with Crippen molar-refractivity contribution in [1.82, 2.24) is 24.3 Å². The van der Waals surface area contributed by atoms with Crippen LogP contribution in [0.2, 0.25) is 0 Å². The smallest absolute Gasteiger partial charge is 0.382 e. The molecule has 2 N–H and O–H groups in total. The number of alkyl halides is 3. The van der Waals surface area contributed by atoms with Crippen LogP contribution in [-0.2, 0) is 17.4 Å². The largest absolute Gasteiger partial charge is 0.416 e. The van der Waals surface area contributed by atoms with Gasteiger partial charge in [0.2, 0.25) is 5.91 Å². The summed E-state index contributed by atoms with van der Waals surface area (Å²) in [5.74, 6) is 0.433. The topological polar surface area (TPSA) is 106 Å². The molecule has 6 rings (SSSR count). The van der Waals surface area contributed by atoms with E-state index in [-0.39, 0.29) is 41.1 Å². The van der Waals surface area contributed by atoms with Gasteiger partial charge >= 0.3 is 6.18 Å². The van der Waals surface area contributed by atoms with Gasteiger partial charge in [-0.1, -0.05) is 30.8 Å². The molecule has 2 fully saturated rings. The van der Waals surface area contributed by atoms with Gasteiger partial charge in [0.15, 0.2) is 5.78 Å². The highest BCUT2D eigenvalue weighted by molar-refractivity contribution is 5.98. The summed E-state index contributed by atoms with van der Waals surface area (Å²) in [6.45, 7) is 4.32. The number of nitrogens with zero attached hydrogens (tertiary/aromatic N) is 5. The Morgan fingerprint density at radius 3 is 2.55 bits per heavy atom. The van der Waals surface area contributed by atoms with Crippen LogP contribution in [0.15, 0.2) is 67.6 Å². The SMILES string of the molecule is C=CC(=O)N1CC2(CC2)CC1c1nc(-c2ccc(C(=O)Cc3cc(C(F)(F)F)ccn3)cc2)c2c(N)nccn12. The van der Waals surface area contributed by atoms with E-state index in [4.69, 9.17) is 10.7 Å². The lowest BCUT2D eigenvalue weighted by atomic mass is 10.0. The predicted molar refractivity (Wildman–Crippen MR) is 141 cm³/mol. The van der Waals surface area contributed by atoms with Crippen LogP contribution in [0.4, 0.5) is 19.0 Å². The van der Waals surface area contributed by atoms with Crippen LogP contribution in [0.3, 0.4) is 0 Å². The number of rotatable bonds is 6. The van der Waals surface area contributed by atoms with Gasteiger partial charge in [-0.15, -0.1) is 0 Å². The van der Waals surface area contributed by atoms with E-state index in [9.17, 15) is 22.8 Å². The molecule has 1 amide bonds. The molecule has 1 unspecified atom stereocenters. The predicted octanol–water partition coefficient (Wildman–Crippen LogP) is 5.06. The van der Waals surface area contributed by atoms with E-state index in [0.717, 1.165) is 37.6 Å². The summed E-state index contributed by atoms with van der Waals surface area (Å²) >= 11 is 0. The van der Waals surface area contributed by atoms with Crippen LogP contribution >= 0.6 is 0 Å². The second kappa shape index (κ2) is 9.29. The second-order valence-corrected chi connectivity index (χ2v) is 10.5. The van der Waals surface area contributed by atoms with Gasteiger partial charge in [-0.2, -0.15) is 13.2 Å². The summed E-state index contributed by atoms with van der Waals surface area (Å²) in [7, 11) is 0. The summed E-state index contributed by atoms with van der Waals surface area (Å²) in [4.78, 5) is 40.5. The average molecular weight is 547 g/mol. The maximum Gasteiger partial charge on any atom is 0.416 e. The molecule has 11 heteroatoms. The highest BCUT2D eigenvalue weighted by atomic mass is 19.4. The minimum Gasteiger partial charge on any atom is -0.382 e. The normalized spacial score (nSPS) is 17.9. The molecular weight excluding hydrogens is 521 g/mol. The summed E-state index contributed by atoms with van der Waals surface area (Å²) in [5, 5.41) is 0. The number of nitrogens with two attached hydrogens (primary N) is 1. The zero-order valence-electron chi connectivity index (χ0n) is 21.4. The highest BCUT2D eigenvalue weighted by Gasteiger charge is 2.54. The third kappa shape index (κ3) is 4.51. The third-order valence-electron chi connectivity index (χ3n) is 7.80. The highest BCUT2D eigenvalue weighted by Crippen LogP contribution is 2.58. The molecule has 1 spiro atoms. The van der Waals surface area contributed by atoms with Crippen molar-refractivity contribution < 1.29 is 22.8 Å². The Labute approximate surface area is 227 Å². The average Bonchev–Trinajstić information content (AvgIpc) is 3.41. The lowest BCUT2D eigenvalue weighted by Crippen LogP contribution is -2.30. The van der Waals surface area contributed by atoms with Crippen LogP contribution in [0.5, 0.6) is 0 Å². The molecule has 1 aromatic carbocycles. The van der Waals surface area contributed by atoms with E-state index in [1.807, 2.05) is 9.30 Å². The van der Waals surface area contributed by atoms with Crippen LogP contribution in [0, 0.1) is 5.41 Å². The van der Waals surface area contributed by atoms with Gasteiger partial charge in [-0.3, -0.25) is 19.0 Å². The molecule has 1 saturated heterocycles. The molecule has 4 aromatic rings. The lowest BCUT2D eigenvalue weighted by molar-refractivity contribution is -0.137. The number of carbonyl (C=O) groups excluding carboxylic acids is 2. The van der Waals surface area contributed by atoms with Crippen molar-refractivity contribution in [2.45, 2.75) is 37.9 Å². The molecule has 1 aliphatic heterocycles. The first kappa shape index (κ1) is 25.7. The van der Waals surface area contributed by atoms with Crippen molar-refractivity contribution in [1.29, 1.82) is 0 Å². The number of Topliss-reactive ketones (excluding diaryl/α,β-unsaturated/α-hetero) is 1. The molecule has 2 aliphatic rings. The van der Waals surface area contributed by atoms with Gasteiger partial charge in [0.25, 0.3) is 0 Å². The molecule has 40 heavy (non-hydrogen) atoms. The Bertz CT molecular complexity index is 1660. The monoisotopic (exact) mass is 546 g/mol. The number of hydrogen-bond acceptors (Lipinski definition) is 6. The fourth-order valence-corrected chi connectivity index (χ4v) is 5.53. The first-order chi connectivity index (χ1) is 19.1. The van der Waals surface area contributed by atoms with E-state index < -0.39 is 11.7 Å². The second-order valence-electron chi connectivity index (χ2n) is 10.5. The van der Waals surface area contributed by atoms with E-state index in [2.05, 4.69) is 16.5 Å². The zero-order chi connectivity index (χ0) is 28.2. The van der Waals surface area contributed by atoms with Crippen molar-refractivity contribution in [3.63, 3.8) is 0 Å². The fraction of sp³-hybridized carbons (Fsp3) is 0.276. The first-order valence-corrected chi connectivity index (χ1v) is 12.8. The Morgan fingerprint density at radius 2 is 1.88 bits per heavy atom. The van der Waals surface area contributed by atoms with Gasteiger partial charge < -0.3 is 10.6 Å². The van der Waals surface area contributed by atoms with Gasteiger partial charge in [0.1, 0.15) is 22.9 Å². The van der Waals surface area contributed by atoms with Crippen molar-refractivity contribution in [2.75, 3.05) is 12.3 Å². The number of ketones is 1. The number of carbonyl (C=O) groups is 2. The van der Waals surface area contributed by atoms with Gasteiger partial charge in [-0.25, -0.2) is 9.97 Å². The summed E-state index contributed by atoms with van der Waals surface area (Å²) in [6, 6.07) is 8.14. The third-order valence-corrected chi connectivity index (χ3v) is 7.80. The van der Waals surface area contributed by atoms with E-state index in [0.29, 0.717) is 34.7 Å². The number of imidazole rings is 1. The lowest BCUT2D eigenvalue weighted by Gasteiger charge is -2.22. The Hall–Kier alpha value is -4.54. The summed E-state index contributed by atoms with van der Waals surface area (Å²) in [5.41, 5.74) is 7.75. The van der Waals surface area contributed by atoms with E-state index in [1.54, 1.807) is 36.7 Å². The number of amides is 1. The molecular formula is C29H25F3N6O2. The van der Waals surface area contributed by atoms with Crippen LogP contribution in [-0.4, -0.2) is 42.5 Å². The molecule has 1 aliphatic carbocycles. The molecule has 1 saturated carbocycles. The molecule has 0 radical (unpaired) electrons. The van der Waals surface area contributed by atoms with E-state index >= 15 is 0 Å². The van der Waals surface area contributed by atoms with Crippen LogP contribution < -0.4 is 5.73 Å². The fourth-order valence-electron chi connectivity index (χ4n) is 5.53. The van der Waals surface area contributed by atoms with Crippen LogP contribution in [0.1, 0.15) is 52.7 Å².